The standard InChI is InChI=1S/C22H28N2O5/c1-15(24(2)14-17-8-11-19(27-3)20(12-17)28-4)21(25)23-13-16-6-9-18(10-7-16)22(26)29-5/h6-12,15H,13-14H2,1-5H3,(H,23,25). The van der Waals surface area contributed by atoms with E-state index in [-0.39, 0.29) is 17.9 Å². The molecule has 2 aromatic carbocycles. The van der Waals surface area contributed by atoms with Crippen molar-refractivity contribution in [2.75, 3.05) is 28.4 Å². The molecule has 1 unspecified atom stereocenters. The van der Waals surface area contributed by atoms with E-state index in [4.69, 9.17) is 9.47 Å². The summed E-state index contributed by atoms with van der Waals surface area (Å²) in [6, 6.07) is 12.3. The number of nitrogens with zero attached hydrogens (tertiary/aromatic N) is 1. The van der Waals surface area contributed by atoms with Gasteiger partial charge < -0.3 is 19.5 Å². The summed E-state index contributed by atoms with van der Waals surface area (Å²) in [5, 5.41) is 2.93. The van der Waals surface area contributed by atoms with Gasteiger partial charge in [-0.1, -0.05) is 18.2 Å². The number of methoxy groups -OCH3 is 3. The second kappa shape index (κ2) is 10.5. The summed E-state index contributed by atoms with van der Waals surface area (Å²) >= 11 is 0. The van der Waals surface area contributed by atoms with E-state index in [1.807, 2.05) is 37.1 Å². The molecule has 0 aliphatic carbocycles. The highest BCUT2D eigenvalue weighted by Gasteiger charge is 2.18. The highest BCUT2D eigenvalue weighted by atomic mass is 16.5. The highest BCUT2D eigenvalue weighted by molar-refractivity contribution is 5.89. The van der Waals surface area contributed by atoms with Gasteiger partial charge in [0.15, 0.2) is 11.5 Å². The highest BCUT2D eigenvalue weighted by Crippen LogP contribution is 2.28. The van der Waals surface area contributed by atoms with Gasteiger partial charge in [-0.3, -0.25) is 9.69 Å². The molecule has 2 rings (SSSR count). The molecule has 0 radical (unpaired) electrons. The summed E-state index contributed by atoms with van der Waals surface area (Å²) in [7, 11) is 6.43. The Morgan fingerprint density at radius 2 is 1.59 bits per heavy atom. The molecule has 0 heterocycles. The minimum absolute atomic E-state index is 0.0787. The lowest BCUT2D eigenvalue weighted by Gasteiger charge is -2.24. The number of rotatable bonds is 9. The summed E-state index contributed by atoms with van der Waals surface area (Å²) < 4.78 is 15.3. The van der Waals surface area contributed by atoms with E-state index in [0.29, 0.717) is 30.2 Å². The van der Waals surface area contributed by atoms with Crippen LogP contribution in [-0.2, 0) is 22.6 Å². The molecule has 156 valence electrons. The van der Waals surface area contributed by atoms with Gasteiger partial charge in [0.05, 0.1) is 32.9 Å². The van der Waals surface area contributed by atoms with Gasteiger partial charge in [-0.05, 0) is 49.4 Å². The predicted molar refractivity (Wildman–Crippen MR) is 110 cm³/mol. The van der Waals surface area contributed by atoms with Crippen LogP contribution in [0, 0.1) is 0 Å². The number of likely N-dealkylation sites (N-methyl/N-ethyl adjacent to an activating group) is 1. The third kappa shape index (κ3) is 5.96. The Morgan fingerprint density at radius 3 is 2.17 bits per heavy atom. The van der Waals surface area contributed by atoms with Crippen molar-refractivity contribution in [3.63, 3.8) is 0 Å². The van der Waals surface area contributed by atoms with Crippen molar-refractivity contribution in [2.45, 2.75) is 26.1 Å². The topological polar surface area (TPSA) is 77.1 Å². The van der Waals surface area contributed by atoms with Crippen LogP contribution < -0.4 is 14.8 Å². The number of esters is 1. The average Bonchev–Trinajstić information content (AvgIpc) is 2.76. The first-order valence-electron chi connectivity index (χ1n) is 9.25. The van der Waals surface area contributed by atoms with Gasteiger partial charge in [0.2, 0.25) is 5.91 Å². The zero-order valence-corrected chi connectivity index (χ0v) is 17.5. The van der Waals surface area contributed by atoms with Crippen LogP contribution in [0.25, 0.3) is 0 Å². The lowest BCUT2D eigenvalue weighted by atomic mass is 10.1. The number of carbonyl (C=O) groups is 2. The number of hydrogen-bond acceptors (Lipinski definition) is 6. The first-order chi connectivity index (χ1) is 13.9. The molecule has 0 aromatic heterocycles. The minimum Gasteiger partial charge on any atom is -0.493 e. The zero-order valence-electron chi connectivity index (χ0n) is 17.5. The van der Waals surface area contributed by atoms with E-state index < -0.39 is 0 Å². The second-order valence-corrected chi connectivity index (χ2v) is 6.69. The minimum atomic E-state index is -0.383. The molecule has 1 atom stereocenters. The molecule has 7 nitrogen and oxygen atoms in total. The van der Waals surface area contributed by atoms with Gasteiger partial charge in [-0.15, -0.1) is 0 Å². The fourth-order valence-electron chi connectivity index (χ4n) is 2.82. The Morgan fingerprint density at radius 1 is 0.966 bits per heavy atom. The maximum absolute atomic E-state index is 12.5. The molecule has 1 N–H and O–H groups in total. The van der Waals surface area contributed by atoms with Gasteiger partial charge in [-0.2, -0.15) is 0 Å². The predicted octanol–water partition coefficient (Wildman–Crippen LogP) is 2.63. The molecule has 0 fully saturated rings. The van der Waals surface area contributed by atoms with Crippen molar-refractivity contribution in [3.8, 4) is 11.5 Å². The summed E-state index contributed by atoms with van der Waals surface area (Å²) in [4.78, 5) is 25.9. The van der Waals surface area contributed by atoms with E-state index in [1.54, 1.807) is 38.5 Å². The maximum atomic E-state index is 12.5. The molecule has 0 saturated heterocycles. The largest absolute Gasteiger partial charge is 0.493 e. The summed E-state index contributed by atoms with van der Waals surface area (Å²) in [6.07, 6.45) is 0. The van der Waals surface area contributed by atoms with E-state index in [0.717, 1.165) is 11.1 Å². The van der Waals surface area contributed by atoms with Gasteiger partial charge in [0.1, 0.15) is 0 Å². The van der Waals surface area contributed by atoms with Crippen molar-refractivity contribution in [3.05, 3.63) is 59.2 Å². The van der Waals surface area contributed by atoms with Crippen molar-refractivity contribution in [1.82, 2.24) is 10.2 Å². The molecule has 0 bridgehead atoms. The quantitative estimate of drug-likeness (QED) is 0.652. The van der Waals surface area contributed by atoms with Crippen LogP contribution in [-0.4, -0.2) is 51.2 Å². The van der Waals surface area contributed by atoms with Crippen LogP contribution in [0.15, 0.2) is 42.5 Å². The van der Waals surface area contributed by atoms with Gasteiger partial charge in [0, 0.05) is 13.1 Å². The molecule has 2 aromatic rings. The van der Waals surface area contributed by atoms with Crippen LogP contribution >= 0.6 is 0 Å². The summed E-state index contributed by atoms with van der Waals surface area (Å²) in [5.41, 5.74) is 2.40. The number of nitrogens with one attached hydrogen (secondary N) is 1. The summed E-state index contributed by atoms with van der Waals surface area (Å²) in [5.74, 6) is 0.866. The average molecular weight is 400 g/mol. The Labute approximate surface area is 171 Å². The number of amides is 1. The molecule has 0 aliphatic rings. The maximum Gasteiger partial charge on any atom is 0.337 e. The fourth-order valence-corrected chi connectivity index (χ4v) is 2.82. The normalized spacial score (nSPS) is 11.7. The lowest BCUT2D eigenvalue weighted by Crippen LogP contribution is -2.42. The fraction of sp³-hybridized carbons (Fsp3) is 0.364. The van der Waals surface area contributed by atoms with Gasteiger partial charge in [-0.25, -0.2) is 4.79 Å². The first kappa shape index (κ1) is 22.2. The molecule has 0 aliphatic heterocycles. The van der Waals surface area contributed by atoms with Crippen LogP contribution in [0.1, 0.15) is 28.4 Å². The van der Waals surface area contributed by atoms with Crippen molar-refractivity contribution in [1.29, 1.82) is 0 Å². The van der Waals surface area contributed by atoms with Gasteiger partial charge in [0.25, 0.3) is 0 Å². The van der Waals surface area contributed by atoms with E-state index >= 15 is 0 Å². The van der Waals surface area contributed by atoms with E-state index in [2.05, 4.69) is 10.1 Å². The molecule has 0 saturated carbocycles. The number of ether oxygens (including phenoxy) is 3. The third-order valence-electron chi connectivity index (χ3n) is 4.76. The van der Waals surface area contributed by atoms with Crippen LogP contribution in [0.4, 0.5) is 0 Å². The van der Waals surface area contributed by atoms with Crippen LogP contribution in [0.2, 0.25) is 0 Å². The SMILES string of the molecule is COC(=O)c1ccc(CNC(=O)C(C)N(C)Cc2ccc(OC)c(OC)c2)cc1. The van der Waals surface area contributed by atoms with Crippen molar-refractivity contribution in [2.24, 2.45) is 0 Å². The summed E-state index contributed by atoms with van der Waals surface area (Å²) in [6.45, 7) is 2.83. The van der Waals surface area contributed by atoms with Gasteiger partial charge >= 0.3 is 5.97 Å². The van der Waals surface area contributed by atoms with Crippen molar-refractivity contribution >= 4 is 11.9 Å². The zero-order chi connectivity index (χ0) is 21.4. The molecular formula is C22H28N2O5. The van der Waals surface area contributed by atoms with Crippen LogP contribution in [0.5, 0.6) is 11.5 Å². The van der Waals surface area contributed by atoms with Crippen molar-refractivity contribution < 1.29 is 23.8 Å². The molecule has 0 spiro atoms. The lowest BCUT2D eigenvalue weighted by molar-refractivity contribution is -0.125. The Balaban J connectivity index is 1.91. The van der Waals surface area contributed by atoms with E-state index in [1.165, 1.54) is 7.11 Å². The Bertz CT molecular complexity index is 836. The molecule has 1 amide bonds. The third-order valence-corrected chi connectivity index (χ3v) is 4.76. The number of carbonyl (C=O) groups excluding carboxylic acids is 2. The molecule has 7 heteroatoms. The molecular weight excluding hydrogens is 372 g/mol. The Kier molecular flexibility index (Phi) is 8.03. The smallest absolute Gasteiger partial charge is 0.337 e. The van der Waals surface area contributed by atoms with Crippen LogP contribution in [0.3, 0.4) is 0 Å². The first-order valence-corrected chi connectivity index (χ1v) is 9.25. The Hall–Kier alpha value is -3.06. The number of benzene rings is 2. The van der Waals surface area contributed by atoms with E-state index in [9.17, 15) is 9.59 Å². The molecule has 29 heavy (non-hydrogen) atoms. The number of hydrogen-bond donors (Lipinski definition) is 1. The monoisotopic (exact) mass is 400 g/mol. The second-order valence-electron chi connectivity index (χ2n) is 6.69.